The Labute approximate surface area is 54.7 Å². The number of halogens is 3. The van der Waals surface area contributed by atoms with E-state index in [0.717, 1.165) is 0 Å². The maximum absolute atomic E-state index is 5.69. The maximum atomic E-state index is 5.69. The highest BCUT2D eigenvalue weighted by molar-refractivity contribution is 8.22. The van der Waals surface area contributed by atoms with Crippen LogP contribution in [-0.4, -0.2) is 21.4 Å². The molecule has 0 aromatic heterocycles. The summed E-state index contributed by atoms with van der Waals surface area (Å²) in [5.41, 5.74) is -1.48. The lowest BCUT2D eigenvalue weighted by Crippen LogP contribution is -1.98. The van der Waals surface area contributed by atoms with Crippen LogP contribution in [0.3, 0.4) is 0 Å². The van der Waals surface area contributed by atoms with E-state index in [2.05, 4.69) is 0 Å². The van der Waals surface area contributed by atoms with Crippen molar-refractivity contribution in [1.82, 2.24) is 0 Å². The van der Waals surface area contributed by atoms with Gasteiger partial charge in [0.05, 0.1) is 8.55 Å². The van der Waals surface area contributed by atoms with Crippen molar-refractivity contribution in [3.63, 3.8) is 0 Å². The fraction of sp³-hybridized carbons (Fsp3) is 0. The Hall–Kier alpha value is 1.52. The lowest BCUT2D eigenvalue weighted by Gasteiger charge is -1.80. The van der Waals surface area contributed by atoms with Crippen LogP contribution in [0, 0.1) is 0 Å². The van der Waals surface area contributed by atoms with Crippen molar-refractivity contribution in [1.29, 1.82) is 0 Å². The fourth-order valence-corrected chi connectivity index (χ4v) is 43.7. The quantitative estimate of drug-likeness (QED) is 0.379. The van der Waals surface area contributed by atoms with Crippen molar-refractivity contribution in [2.75, 3.05) is 0 Å². The molecule has 0 bridgehead atoms. The summed E-state index contributed by atoms with van der Waals surface area (Å²) >= 11 is 17.1. The molecule has 1 heterocycles. The molecule has 0 aromatic rings. The zero-order valence-electron chi connectivity index (χ0n) is 2.92. The molecule has 1 fully saturated rings. The van der Waals surface area contributed by atoms with E-state index in [-0.39, 0.29) is 8.55 Å². The highest BCUT2D eigenvalue weighted by Gasteiger charge is 2.56. The molecule has 0 nitrogen and oxygen atoms in total. The van der Waals surface area contributed by atoms with Gasteiger partial charge in [0.15, 0.2) is 0 Å². The monoisotopic (exact) mass is 192 g/mol. The Bertz CT molecular complexity index is 68.4. The molecule has 36 valence electrons. The van der Waals surface area contributed by atoms with Crippen LogP contribution in [0.2, 0.25) is 0 Å². The van der Waals surface area contributed by atoms with E-state index < -0.39 is 12.9 Å². The van der Waals surface area contributed by atoms with Crippen molar-refractivity contribution in [2.24, 2.45) is 0 Å². The van der Waals surface area contributed by atoms with Crippen LogP contribution in [-0.2, 0) is 0 Å². The van der Waals surface area contributed by atoms with E-state index in [1.54, 1.807) is 0 Å². The topological polar surface area (TPSA) is 0 Å². The third kappa shape index (κ3) is 1.02. The summed E-state index contributed by atoms with van der Waals surface area (Å²) in [7, 11) is -0.824. The molecule has 1 aliphatic heterocycles. The van der Waals surface area contributed by atoms with Crippen LogP contribution >= 0.6 is 33.2 Å². The van der Waals surface area contributed by atoms with Gasteiger partial charge in [-0.15, -0.1) is 0 Å². The van der Waals surface area contributed by atoms with Crippen LogP contribution in [0.5, 0.6) is 0 Å². The largest absolute Gasteiger partial charge is 0.229 e. The Morgan fingerprint density at radius 3 is 1.67 bits per heavy atom. The second-order valence-corrected chi connectivity index (χ2v) is 38.7. The van der Waals surface area contributed by atoms with Crippen LogP contribution in [0.25, 0.3) is 0 Å². The molecular weight excluding hydrogens is 191 g/mol. The van der Waals surface area contributed by atoms with Gasteiger partial charge in [0, 0.05) is 0 Å². The minimum Gasteiger partial charge on any atom is -0.177 e. The second kappa shape index (κ2) is 1.50. The summed E-state index contributed by atoms with van der Waals surface area (Å²) in [4.78, 5) is 0. The minimum absolute atomic E-state index is 0.00694. The van der Waals surface area contributed by atoms with Gasteiger partial charge in [0.2, 0.25) is 5.73 Å². The summed E-state index contributed by atoms with van der Waals surface area (Å²) in [6.45, 7) is 0. The van der Waals surface area contributed by atoms with Gasteiger partial charge < -0.3 is 0 Å². The number of hydrogen-bond acceptors (Lipinski definition) is 0. The average Bonchev–Trinajstić information content (AvgIpc) is 1.73. The number of rotatable bonds is 0. The van der Waals surface area contributed by atoms with Gasteiger partial charge in [-0.3, -0.25) is 0 Å². The van der Waals surface area contributed by atoms with Crippen molar-refractivity contribution in [3.05, 3.63) is 0 Å². The first-order chi connectivity index (χ1) is 2.63. The smallest absolute Gasteiger partial charge is 0.177 e. The Morgan fingerprint density at radius 2 is 1.67 bits per heavy atom. The van der Waals surface area contributed by atoms with Crippen molar-refractivity contribution >= 4 is 54.7 Å². The van der Waals surface area contributed by atoms with E-state index >= 15 is 0 Å². The Morgan fingerprint density at radius 1 is 1.50 bits per heavy atom. The molecule has 1 saturated heterocycles. The van der Waals surface area contributed by atoms with Crippen molar-refractivity contribution in [2.45, 2.75) is 0 Å². The standard InChI is InChI=1S/Cl3H3Si3/c1-5-4-6(5,2)3/h5H,4H2. The van der Waals surface area contributed by atoms with Crippen LogP contribution in [0.1, 0.15) is 0 Å². The van der Waals surface area contributed by atoms with Crippen molar-refractivity contribution < 1.29 is 0 Å². The lowest BCUT2D eigenvalue weighted by atomic mass is 26.9. The fourth-order valence-electron chi connectivity index (χ4n) is 0.180. The third-order valence-corrected chi connectivity index (χ3v) is 49.7. The summed E-state index contributed by atoms with van der Waals surface area (Å²) < 4.78 is 0. The third-order valence-electron chi connectivity index (χ3n) is 0.750. The van der Waals surface area contributed by atoms with Crippen LogP contribution in [0.15, 0.2) is 0 Å². The molecule has 0 saturated carbocycles. The van der Waals surface area contributed by atoms with Gasteiger partial charge in [-0.25, -0.2) is 0 Å². The highest BCUT2D eigenvalue weighted by Crippen LogP contribution is 2.32. The highest BCUT2D eigenvalue weighted by atomic mass is 35.7. The molecular formula is H3Cl3Si3. The molecule has 6 heteroatoms. The summed E-state index contributed by atoms with van der Waals surface area (Å²) in [5.74, 6) is 0. The first-order valence-corrected chi connectivity index (χ1v) is 14.8. The first-order valence-electron chi connectivity index (χ1n) is 1.65. The predicted octanol–water partition coefficient (Wildman–Crippen LogP) is 0.123. The molecule has 0 aliphatic carbocycles. The molecule has 1 rings (SSSR count). The van der Waals surface area contributed by atoms with Crippen LogP contribution in [0.4, 0.5) is 0 Å². The molecule has 0 N–H and O–H groups in total. The van der Waals surface area contributed by atoms with Gasteiger partial charge >= 0.3 is 0 Å². The molecule has 1 aliphatic rings. The van der Waals surface area contributed by atoms with Gasteiger partial charge in [0.1, 0.15) is 7.14 Å². The zero-order valence-corrected chi connectivity index (χ0v) is 8.76. The summed E-state index contributed by atoms with van der Waals surface area (Å²) in [5, 5.41) is 0. The lowest BCUT2D eigenvalue weighted by molar-refractivity contribution is 3.91. The normalized spacial score (nSPS) is 43.5. The van der Waals surface area contributed by atoms with E-state index in [1.807, 2.05) is 0 Å². The minimum atomic E-state index is -1.48. The molecule has 1 unspecified atom stereocenters. The van der Waals surface area contributed by atoms with E-state index in [9.17, 15) is 0 Å². The van der Waals surface area contributed by atoms with Crippen molar-refractivity contribution in [3.8, 4) is 0 Å². The number of hydrogen-bond donors (Lipinski definition) is 0. The van der Waals surface area contributed by atoms with E-state index in [0.29, 0.717) is 0 Å². The van der Waals surface area contributed by atoms with Gasteiger partial charge in [-0.2, -0.15) is 33.2 Å². The average molecular weight is 194 g/mol. The Kier molecular flexibility index (Phi) is 1.41. The van der Waals surface area contributed by atoms with Crippen LogP contribution < -0.4 is 0 Å². The second-order valence-electron chi connectivity index (χ2n) is 1.43. The van der Waals surface area contributed by atoms with E-state index in [1.165, 1.54) is 0 Å². The first kappa shape index (κ1) is 5.65. The van der Waals surface area contributed by atoms with Gasteiger partial charge in [-0.1, -0.05) is 0 Å². The predicted molar refractivity (Wildman–Crippen MR) is 39.0 cm³/mol. The Balaban J connectivity index is 2.41. The zero-order chi connectivity index (χ0) is 4.78. The molecule has 6 heavy (non-hydrogen) atoms. The molecule has 0 radical (unpaired) electrons. The molecule has 0 aromatic carbocycles. The molecule has 0 spiro atoms. The van der Waals surface area contributed by atoms with Gasteiger partial charge in [0.25, 0.3) is 0 Å². The summed E-state index contributed by atoms with van der Waals surface area (Å²) in [6.07, 6.45) is 0. The molecule has 1 atom stereocenters. The van der Waals surface area contributed by atoms with E-state index in [4.69, 9.17) is 33.2 Å². The summed E-state index contributed by atoms with van der Waals surface area (Å²) in [6, 6.07) is 0. The van der Waals surface area contributed by atoms with Gasteiger partial charge in [-0.05, 0) is 0 Å². The molecule has 0 amide bonds. The maximum Gasteiger partial charge on any atom is 0.229 e. The SMILES string of the molecule is Cl[SiH]1[SiH2][Si]1(Cl)Cl.